The monoisotopic (exact) mass is 413 g/mol. The zero-order valence-electron chi connectivity index (χ0n) is 17.3. The number of hydrogen-bond acceptors (Lipinski definition) is 5. The van der Waals surface area contributed by atoms with Crippen LogP contribution in [0.15, 0.2) is 83.8 Å². The Balaban J connectivity index is 1.67. The molecule has 0 saturated carbocycles. The van der Waals surface area contributed by atoms with Crippen molar-refractivity contribution in [3.05, 3.63) is 94.9 Å². The molecule has 0 aliphatic heterocycles. The van der Waals surface area contributed by atoms with Gasteiger partial charge in [0.05, 0.1) is 5.69 Å². The summed E-state index contributed by atoms with van der Waals surface area (Å²) in [5.74, 6) is 11.7. The average molecular weight is 413 g/mol. The molecule has 0 spiro atoms. The van der Waals surface area contributed by atoms with E-state index in [1.807, 2.05) is 55.4 Å². The van der Waals surface area contributed by atoms with E-state index in [2.05, 4.69) is 0 Å². The normalized spacial score (nSPS) is 10.8. The molecule has 0 saturated heterocycles. The highest BCUT2D eigenvalue weighted by Gasteiger charge is 2.16. The standard InChI is InChI=1S/C24H23N5O2/c1-27(2)19-7-5-6-17(14-19)23(30)29(26)18-12-10-16(11-13-18)22-15-28(25)24(31)21-9-4-3-8-20(21)22/h3-15H,25-26H2,1-2H3. The molecule has 156 valence electrons. The van der Waals surface area contributed by atoms with Crippen LogP contribution in [0.1, 0.15) is 10.4 Å². The molecule has 4 N–H and O–H groups in total. The van der Waals surface area contributed by atoms with Crippen molar-refractivity contribution in [2.45, 2.75) is 0 Å². The van der Waals surface area contributed by atoms with Crippen molar-refractivity contribution in [2.24, 2.45) is 5.84 Å². The summed E-state index contributed by atoms with van der Waals surface area (Å²) < 4.78 is 1.09. The molecular formula is C24H23N5O2. The van der Waals surface area contributed by atoms with Gasteiger partial charge in [0.25, 0.3) is 11.5 Å². The third kappa shape index (κ3) is 3.74. The number of amides is 1. The SMILES string of the molecule is CN(C)c1cccc(C(=O)N(N)c2ccc(-c3cn(N)c(=O)c4ccccc34)cc2)c1. The zero-order valence-corrected chi connectivity index (χ0v) is 17.3. The maximum absolute atomic E-state index is 12.9. The Morgan fingerprint density at radius 3 is 2.23 bits per heavy atom. The van der Waals surface area contributed by atoms with E-state index in [0.717, 1.165) is 31.9 Å². The second-order valence-electron chi connectivity index (χ2n) is 7.47. The van der Waals surface area contributed by atoms with Crippen molar-refractivity contribution in [1.29, 1.82) is 0 Å². The number of nitrogens with two attached hydrogens (primary N) is 2. The summed E-state index contributed by atoms with van der Waals surface area (Å²) in [6, 6.07) is 21.8. The topological polar surface area (TPSA) is 97.6 Å². The molecule has 0 bridgehead atoms. The number of nitrogen functional groups attached to an aromatic ring is 1. The van der Waals surface area contributed by atoms with Crippen LogP contribution < -0.4 is 27.2 Å². The van der Waals surface area contributed by atoms with E-state index in [9.17, 15) is 9.59 Å². The van der Waals surface area contributed by atoms with Gasteiger partial charge in [-0.2, -0.15) is 0 Å². The molecule has 7 heteroatoms. The Hall–Kier alpha value is -4.10. The highest BCUT2D eigenvalue weighted by atomic mass is 16.2. The number of anilines is 2. The van der Waals surface area contributed by atoms with Gasteiger partial charge in [0.2, 0.25) is 0 Å². The largest absolute Gasteiger partial charge is 0.378 e. The fraction of sp³-hybridized carbons (Fsp3) is 0.0833. The van der Waals surface area contributed by atoms with Crippen molar-refractivity contribution in [3.63, 3.8) is 0 Å². The lowest BCUT2D eigenvalue weighted by molar-refractivity contribution is 0.0987. The lowest BCUT2D eigenvalue weighted by Crippen LogP contribution is -2.37. The number of carbonyl (C=O) groups excluding carboxylic acids is 1. The van der Waals surface area contributed by atoms with Crippen LogP contribution in [0, 0.1) is 0 Å². The van der Waals surface area contributed by atoms with Crippen molar-refractivity contribution in [3.8, 4) is 11.1 Å². The second kappa shape index (κ2) is 7.97. The second-order valence-corrected chi connectivity index (χ2v) is 7.47. The third-order valence-corrected chi connectivity index (χ3v) is 5.24. The number of carbonyl (C=O) groups is 1. The van der Waals surface area contributed by atoms with Crippen LogP contribution >= 0.6 is 0 Å². The number of nitrogens with zero attached hydrogens (tertiary/aromatic N) is 3. The first-order chi connectivity index (χ1) is 14.9. The van der Waals surface area contributed by atoms with Crippen LogP contribution in [0.5, 0.6) is 0 Å². The molecule has 0 fully saturated rings. The van der Waals surface area contributed by atoms with Crippen molar-refractivity contribution in [2.75, 3.05) is 29.8 Å². The predicted molar refractivity (Wildman–Crippen MR) is 126 cm³/mol. The quantitative estimate of drug-likeness (QED) is 0.305. The van der Waals surface area contributed by atoms with Crippen molar-refractivity contribution in [1.82, 2.24) is 4.68 Å². The Kier molecular flexibility index (Phi) is 5.19. The number of aromatic nitrogens is 1. The first kappa shape index (κ1) is 20.2. The molecule has 0 aliphatic rings. The van der Waals surface area contributed by atoms with E-state index < -0.39 is 0 Å². The zero-order chi connectivity index (χ0) is 22.1. The van der Waals surface area contributed by atoms with E-state index in [-0.39, 0.29) is 11.5 Å². The number of hydrazine groups is 1. The van der Waals surface area contributed by atoms with Crippen LogP contribution in [0.25, 0.3) is 21.9 Å². The van der Waals surface area contributed by atoms with Crippen LogP contribution in [-0.2, 0) is 0 Å². The summed E-state index contributed by atoms with van der Waals surface area (Å²) in [6.45, 7) is 0. The van der Waals surface area contributed by atoms with Gasteiger partial charge in [-0.25, -0.2) is 15.5 Å². The summed E-state index contributed by atoms with van der Waals surface area (Å²) in [5.41, 5.74) is 3.38. The number of fused-ring (bicyclic) bond motifs is 1. The summed E-state index contributed by atoms with van der Waals surface area (Å²) >= 11 is 0. The van der Waals surface area contributed by atoms with Crippen molar-refractivity contribution < 1.29 is 4.79 Å². The smallest absolute Gasteiger partial charge is 0.276 e. The van der Waals surface area contributed by atoms with E-state index in [1.54, 1.807) is 42.6 Å². The van der Waals surface area contributed by atoms with Gasteiger partial charge in [-0.1, -0.05) is 36.4 Å². The molecule has 0 atom stereocenters. The lowest BCUT2D eigenvalue weighted by atomic mass is 10.0. The summed E-state index contributed by atoms with van der Waals surface area (Å²) in [6.07, 6.45) is 1.61. The molecule has 4 aromatic rings. The summed E-state index contributed by atoms with van der Waals surface area (Å²) in [7, 11) is 3.83. The minimum Gasteiger partial charge on any atom is -0.378 e. The van der Waals surface area contributed by atoms with Gasteiger partial charge in [-0.05, 0) is 47.3 Å². The maximum atomic E-state index is 12.9. The molecule has 0 unspecified atom stereocenters. The molecule has 4 rings (SSSR count). The Labute approximate surface area is 179 Å². The fourth-order valence-corrected chi connectivity index (χ4v) is 3.52. The molecule has 0 radical (unpaired) electrons. The van der Waals surface area contributed by atoms with Gasteiger partial charge in [-0.15, -0.1) is 0 Å². The molecule has 1 aromatic heterocycles. The average Bonchev–Trinajstić information content (AvgIpc) is 2.80. The number of benzene rings is 3. The first-order valence-corrected chi connectivity index (χ1v) is 9.73. The molecule has 31 heavy (non-hydrogen) atoms. The van der Waals surface area contributed by atoms with Gasteiger partial charge >= 0.3 is 0 Å². The molecule has 1 amide bonds. The molecule has 7 nitrogen and oxygen atoms in total. The summed E-state index contributed by atoms with van der Waals surface area (Å²) in [5, 5.41) is 2.48. The van der Waals surface area contributed by atoms with E-state index in [4.69, 9.17) is 11.7 Å². The number of rotatable bonds is 4. The Bertz CT molecular complexity index is 1330. The highest BCUT2D eigenvalue weighted by molar-refractivity contribution is 6.06. The van der Waals surface area contributed by atoms with Crippen LogP contribution in [0.2, 0.25) is 0 Å². The summed E-state index contributed by atoms with van der Waals surface area (Å²) in [4.78, 5) is 27.1. The van der Waals surface area contributed by atoms with Crippen LogP contribution in [0.3, 0.4) is 0 Å². The minimum absolute atomic E-state index is 0.255. The maximum Gasteiger partial charge on any atom is 0.276 e. The third-order valence-electron chi connectivity index (χ3n) is 5.24. The van der Waals surface area contributed by atoms with Crippen molar-refractivity contribution >= 4 is 28.1 Å². The molecular weight excluding hydrogens is 390 g/mol. The Morgan fingerprint density at radius 1 is 0.871 bits per heavy atom. The van der Waals surface area contributed by atoms with Gasteiger partial charge in [0.15, 0.2) is 0 Å². The predicted octanol–water partition coefficient (Wildman–Crippen LogP) is 2.97. The van der Waals surface area contributed by atoms with E-state index >= 15 is 0 Å². The van der Waals surface area contributed by atoms with Gasteiger partial charge in [0.1, 0.15) is 0 Å². The van der Waals surface area contributed by atoms with E-state index in [1.165, 1.54) is 0 Å². The van der Waals surface area contributed by atoms with E-state index in [0.29, 0.717) is 16.6 Å². The Morgan fingerprint density at radius 2 is 1.55 bits per heavy atom. The fourth-order valence-electron chi connectivity index (χ4n) is 3.52. The molecule has 0 aliphatic carbocycles. The number of pyridine rings is 1. The van der Waals surface area contributed by atoms with Gasteiger partial charge in [0, 0.05) is 42.5 Å². The molecule has 3 aromatic carbocycles. The minimum atomic E-state index is -0.308. The molecule has 1 heterocycles. The van der Waals surface area contributed by atoms with Crippen LogP contribution in [-0.4, -0.2) is 24.7 Å². The lowest BCUT2D eigenvalue weighted by Gasteiger charge is -2.19. The van der Waals surface area contributed by atoms with Gasteiger partial charge < -0.3 is 10.7 Å². The van der Waals surface area contributed by atoms with Crippen LogP contribution in [0.4, 0.5) is 11.4 Å². The van der Waals surface area contributed by atoms with Gasteiger partial charge in [-0.3, -0.25) is 9.59 Å². The highest BCUT2D eigenvalue weighted by Crippen LogP contribution is 2.28. The first-order valence-electron chi connectivity index (χ1n) is 9.73. The number of hydrogen-bond donors (Lipinski definition) is 2.